The number of ether oxygens (including phenoxy) is 2. The molecule has 4 nitrogen and oxygen atoms in total. The molecule has 3 aromatic carbocycles. The summed E-state index contributed by atoms with van der Waals surface area (Å²) in [7, 11) is 1.65. The van der Waals surface area contributed by atoms with E-state index < -0.39 is 6.10 Å². The number of para-hydroxylation sites is 1. The van der Waals surface area contributed by atoms with Gasteiger partial charge in [0.25, 0.3) is 5.91 Å². The van der Waals surface area contributed by atoms with Crippen molar-refractivity contribution in [2.75, 3.05) is 13.7 Å². The van der Waals surface area contributed by atoms with E-state index in [2.05, 4.69) is 0 Å². The van der Waals surface area contributed by atoms with E-state index in [4.69, 9.17) is 9.47 Å². The molecule has 0 aromatic heterocycles. The SMILES string of the molecule is COc1ccc(-c2ccccc2OC2CN(Cc3ccccc3)C2=O)cc1. The van der Waals surface area contributed by atoms with E-state index in [9.17, 15) is 4.79 Å². The molecule has 1 fully saturated rings. The van der Waals surface area contributed by atoms with E-state index in [-0.39, 0.29) is 5.91 Å². The molecule has 1 atom stereocenters. The molecule has 1 saturated heterocycles. The first kappa shape index (κ1) is 17.2. The zero-order valence-electron chi connectivity index (χ0n) is 15.2. The van der Waals surface area contributed by atoms with Gasteiger partial charge in [-0.2, -0.15) is 0 Å². The van der Waals surface area contributed by atoms with Gasteiger partial charge in [-0.1, -0.05) is 60.7 Å². The van der Waals surface area contributed by atoms with Crippen LogP contribution in [-0.2, 0) is 11.3 Å². The van der Waals surface area contributed by atoms with Crippen molar-refractivity contribution in [1.82, 2.24) is 4.90 Å². The molecule has 4 rings (SSSR count). The Morgan fingerprint density at radius 3 is 2.33 bits per heavy atom. The van der Waals surface area contributed by atoms with Gasteiger partial charge < -0.3 is 14.4 Å². The summed E-state index contributed by atoms with van der Waals surface area (Å²) in [5, 5.41) is 0. The van der Waals surface area contributed by atoms with Crippen LogP contribution in [0.3, 0.4) is 0 Å². The molecule has 3 aromatic rings. The van der Waals surface area contributed by atoms with Gasteiger partial charge in [-0.05, 0) is 29.3 Å². The summed E-state index contributed by atoms with van der Waals surface area (Å²) in [6, 6.07) is 25.6. The summed E-state index contributed by atoms with van der Waals surface area (Å²) in [4.78, 5) is 14.3. The van der Waals surface area contributed by atoms with Crippen LogP contribution in [-0.4, -0.2) is 30.6 Å². The lowest BCUT2D eigenvalue weighted by molar-refractivity contribution is -0.154. The number of nitrogens with zero attached hydrogens (tertiary/aromatic N) is 1. The van der Waals surface area contributed by atoms with Crippen LogP contribution in [0.4, 0.5) is 0 Å². The molecular weight excluding hydrogens is 338 g/mol. The fourth-order valence-electron chi connectivity index (χ4n) is 3.23. The van der Waals surface area contributed by atoms with Gasteiger partial charge in [0.2, 0.25) is 0 Å². The molecule has 1 aliphatic rings. The van der Waals surface area contributed by atoms with Gasteiger partial charge in [0.05, 0.1) is 13.7 Å². The van der Waals surface area contributed by atoms with Crippen LogP contribution < -0.4 is 9.47 Å². The van der Waals surface area contributed by atoms with Gasteiger partial charge in [-0.25, -0.2) is 0 Å². The second kappa shape index (κ2) is 7.54. The number of carbonyl (C=O) groups excluding carboxylic acids is 1. The van der Waals surface area contributed by atoms with E-state index >= 15 is 0 Å². The van der Waals surface area contributed by atoms with Gasteiger partial charge in [-0.15, -0.1) is 0 Å². The van der Waals surface area contributed by atoms with Gasteiger partial charge in [0.1, 0.15) is 11.5 Å². The normalized spacial score (nSPS) is 16.0. The van der Waals surface area contributed by atoms with Crippen LogP contribution in [0.25, 0.3) is 11.1 Å². The maximum atomic E-state index is 12.5. The summed E-state index contributed by atoms with van der Waals surface area (Å²) in [5.74, 6) is 1.56. The molecule has 27 heavy (non-hydrogen) atoms. The zero-order valence-corrected chi connectivity index (χ0v) is 15.2. The Morgan fingerprint density at radius 1 is 0.926 bits per heavy atom. The summed E-state index contributed by atoms with van der Waals surface area (Å²) in [6.07, 6.45) is -0.423. The lowest BCUT2D eigenvalue weighted by Gasteiger charge is -2.38. The number of hydrogen-bond acceptors (Lipinski definition) is 3. The molecule has 0 radical (unpaired) electrons. The van der Waals surface area contributed by atoms with Crippen LogP contribution in [0.1, 0.15) is 5.56 Å². The number of likely N-dealkylation sites (tertiary alicyclic amines) is 1. The predicted octanol–water partition coefficient (Wildman–Crippen LogP) is 4.15. The summed E-state index contributed by atoms with van der Waals surface area (Å²) < 4.78 is 11.3. The van der Waals surface area contributed by atoms with Crippen LogP contribution in [0.15, 0.2) is 78.9 Å². The molecule has 0 aliphatic carbocycles. The Labute approximate surface area is 159 Å². The van der Waals surface area contributed by atoms with E-state index in [0.29, 0.717) is 13.1 Å². The van der Waals surface area contributed by atoms with Crippen LogP contribution >= 0.6 is 0 Å². The van der Waals surface area contributed by atoms with Crippen molar-refractivity contribution < 1.29 is 14.3 Å². The van der Waals surface area contributed by atoms with Crippen molar-refractivity contribution in [1.29, 1.82) is 0 Å². The summed E-state index contributed by atoms with van der Waals surface area (Å²) in [6.45, 7) is 1.23. The van der Waals surface area contributed by atoms with E-state index in [1.165, 1.54) is 0 Å². The molecule has 0 spiro atoms. The van der Waals surface area contributed by atoms with Crippen LogP contribution in [0.5, 0.6) is 11.5 Å². The Hall–Kier alpha value is -3.27. The number of benzene rings is 3. The number of rotatable bonds is 6. The van der Waals surface area contributed by atoms with Crippen molar-refractivity contribution in [3.8, 4) is 22.6 Å². The Balaban J connectivity index is 1.45. The molecular formula is C23H21NO3. The monoisotopic (exact) mass is 359 g/mol. The van der Waals surface area contributed by atoms with Crippen molar-refractivity contribution in [2.45, 2.75) is 12.6 Å². The minimum atomic E-state index is -0.423. The van der Waals surface area contributed by atoms with Gasteiger partial charge in [0, 0.05) is 12.1 Å². The molecule has 136 valence electrons. The molecule has 1 aliphatic heterocycles. The summed E-state index contributed by atoms with van der Waals surface area (Å²) >= 11 is 0. The van der Waals surface area contributed by atoms with Crippen molar-refractivity contribution in [3.05, 3.63) is 84.4 Å². The highest BCUT2D eigenvalue weighted by atomic mass is 16.5. The molecule has 1 unspecified atom stereocenters. The highest BCUT2D eigenvalue weighted by Gasteiger charge is 2.38. The van der Waals surface area contributed by atoms with Gasteiger partial charge in [0.15, 0.2) is 6.10 Å². The third kappa shape index (κ3) is 3.65. The maximum Gasteiger partial charge on any atom is 0.265 e. The van der Waals surface area contributed by atoms with Crippen LogP contribution in [0.2, 0.25) is 0 Å². The van der Waals surface area contributed by atoms with Crippen molar-refractivity contribution >= 4 is 5.91 Å². The smallest absolute Gasteiger partial charge is 0.265 e. The van der Waals surface area contributed by atoms with E-state index in [1.54, 1.807) is 7.11 Å². The number of methoxy groups -OCH3 is 1. The Kier molecular flexibility index (Phi) is 4.79. The third-order valence-corrected chi connectivity index (χ3v) is 4.75. The fraction of sp³-hybridized carbons (Fsp3) is 0.174. The van der Waals surface area contributed by atoms with Gasteiger partial charge in [-0.3, -0.25) is 4.79 Å². The van der Waals surface area contributed by atoms with Crippen molar-refractivity contribution in [2.24, 2.45) is 0 Å². The summed E-state index contributed by atoms with van der Waals surface area (Å²) in [5.41, 5.74) is 3.12. The average molecular weight is 359 g/mol. The number of carbonyl (C=O) groups is 1. The molecule has 4 heteroatoms. The Bertz CT molecular complexity index is 922. The minimum absolute atomic E-state index is 0.0309. The third-order valence-electron chi connectivity index (χ3n) is 4.75. The molecule has 0 bridgehead atoms. The first-order chi connectivity index (χ1) is 13.2. The fourth-order valence-corrected chi connectivity index (χ4v) is 3.23. The predicted molar refractivity (Wildman–Crippen MR) is 105 cm³/mol. The number of hydrogen-bond donors (Lipinski definition) is 0. The average Bonchev–Trinajstić information content (AvgIpc) is 2.74. The molecule has 0 saturated carbocycles. The largest absolute Gasteiger partial charge is 0.497 e. The van der Waals surface area contributed by atoms with Gasteiger partial charge >= 0.3 is 0 Å². The van der Waals surface area contributed by atoms with E-state index in [1.807, 2.05) is 83.8 Å². The maximum absolute atomic E-state index is 12.5. The number of amides is 1. The topological polar surface area (TPSA) is 38.8 Å². The first-order valence-electron chi connectivity index (χ1n) is 8.97. The lowest BCUT2D eigenvalue weighted by Crippen LogP contribution is -2.58. The highest BCUT2D eigenvalue weighted by molar-refractivity contribution is 5.87. The molecule has 1 heterocycles. The van der Waals surface area contributed by atoms with Crippen molar-refractivity contribution in [3.63, 3.8) is 0 Å². The van der Waals surface area contributed by atoms with Crippen LogP contribution in [0, 0.1) is 0 Å². The number of β-lactam (4-membered cyclic amide) rings is 1. The zero-order chi connectivity index (χ0) is 18.6. The molecule has 0 N–H and O–H groups in total. The Morgan fingerprint density at radius 2 is 1.63 bits per heavy atom. The standard InChI is InChI=1S/C23H21NO3/c1-26-19-13-11-18(12-14-19)20-9-5-6-10-21(20)27-22-16-24(23(22)25)15-17-7-3-2-4-8-17/h2-14,22H,15-16H2,1H3. The van der Waals surface area contributed by atoms with E-state index in [0.717, 1.165) is 28.2 Å². The lowest BCUT2D eigenvalue weighted by atomic mass is 10.0. The first-order valence-corrected chi connectivity index (χ1v) is 8.97. The minimum Gasteiger partial charge on any atom is -0.497 e. The highest BCUT2D eigenvalue weighted by Crippen LogP contribution is 2.33. The molecule has 1 amide bonds. The second-order valence-electron chi connectivity index (χ2n) is 6.54. The quantitative estimate of drug-likeness (QED) is 0.621. The second-order valence-corrected chi connectivity index (χ2v) is 6.54.